The molecule has 0 aliphatic heterocycles. The van der Waals surface area contributed by atoms with Gasteiger partial charge in [-0.15, -0.1) is 0 Å². The maximum Gasteiger partial charge on any atom is 0.0994 e. The van der Waals surface area contributed by atoms with E-state index in [1.54, 1.807) is 12.1 Å². The standard InChI is InChI=1S/C9H7BrClN/c1-6-7(5-12)2-3-9(11)8(6)4-10/h2-3H,4H2,1H3. The highest BCUT2D eigenvalue weighted by Gasteiger charge is 2.06. The lowest BCUT2D eigenvalue weighted by Gasteiger charge is -2.05. The molecule has 12 heavy (non-hydrogen) atoms. The first-order valence-corrected chi connectivity index (χ1v) is 4.94. The van der Waals surface area contributed by atoms with Gasteiger partial charge in [0.2, 0.25) is 0 Å². The normalized spacial score (nSPS) is 9.50. The Hall–Kier alpha value is -0.520. The Morgan fingerprint density at radius 1 is 1.58 bits per heavy atom. The van der Waals surface area contributed by atoms with Gasteiger partial charge in [-0.3, -0.25) is 0 Å². The van der Waals surface area contributed by atoms with Gasteiger partial charge in [0, 0.05) is 10.4 Å². The van der Waals surface area contributed by atoms with Gasteiger partial charge in [0.05, 0.1) is 11.6 Å². The summed E-state index contributed by atoms with van der Waals surface area (Å²) in [6.07, 6.45) is 0. The molecule has 1 aromatic carbocycles. The molecule has 0 N–H and O–H groups in total. The third kappa shape index (κ3) is 1.63. The summed E-state index contributed by atoms with van der Waals surface area (Å²) in [6.45, 7) is 1.90. The van der Waals surface area contributed by atoms with Crippen molar-refractivity contribution in [1.29, 1.82) is 5.26 Å². The van der Waals surface area contributed by atoms with E-state index in [9.17, 15) is 0 Å². The van der Waals surface area contributed by atoms with Crippen molar-refractivity contribution in [2.24, 2.45) is 0 Å². The molecule has 0 atom stereocenters. The van der Waals surface area contributed by atoms with Crippen molar-refractivity contribution in [3.05, 3.63) is 33.8 Å². The van der Waals surface area contributed by atoms with Crippen LogP contribution in [0.1, 0.15) is 16.7 Å². The van der Waals surface area contributed by atoms with Gasteiger partial charge < -0.3 is 0 Å². The van der Waals surface area contributed by atoms with E-state index in [4.69, 9.17) is 16.9 Å². The van der Waals surface area contributed by atoms with Crippen LogP contribution in [-0.2, 0) is 5.33 Å². The van der Waals surface area contributed by atoms with E-state index in [0.717, 1.165) is 11.1 Å². The van der Waals surface area contributed by atoms with E-state index in [2.05, 4.69) is 22.0 Å². The summed E-state index contributed by atoms with van der Waals surface area (Å²) < 4.78 is 0. The Labute approximate surface area is 85.1 Å². The fourth-order valence-corrected chi connectivity index (χ4v) is 2.16. The molecule has 0 spiro atoms. The van der Waals surface area contributed by atoms with E-state index >= 15 is 0 Å². The molecule has 3 heteroatoms. The van der Waals surface area contributed by atoms with Gasteiger partial charge in [-0.25, -0.2) is 0 Å². The van der Waals surface area contributed by atoms with Crippen LogP contribution in [0.15, 0.2) is 12.1 Å². The van der Waals surface area contributed by atoms with Crippen molar-refractivity contribution < 1.29 is 0 Å². The molecule has 0 saturated heterocycles. The highest BCUT2D eigenvalue weighted by atomic mass is 79.9. The number of rotatable bonds is 1. The first kappa shape index (κ1) is 9.57. The lowest BCUT2D eigenvalue weighted by Crippen LogP contribution is -1.90. The second-order valence-corrected chi connectivity index (χ2v) is 3.41. The number of nitriles is 1. The molecule has 0 heterocycles. The molecule has 0 amide bonds. The largest absolute Gasteiger partial charge is 0.192 e. The zero-order valence-corrected chi connectivity index (χ0v) is 8.91. The van der Waals surface area contributed by atoms with Crippen molar-refractivity contribution >= 4 is 27.5 Å². The van der Waals surface area contributed by atoms with E-state index in [0.29, 0.717) is 15.9 Å². The Balaban J connectivity index is 3.36. The van der Waals surface area contributed by atoms with Crippen molar-refractivity contribution in [3.8, 4) is 6.07 Å². The smallest absolute Gasteiger partial charge is 0.0994 e. The maximum absolute atomic E-state index is 8.72. The van der Waals surface area contributed by atoms with Crippen LogP contribution in [0, 0.1) is 18.3 Å². The number of alkyl halides is 1. The van der Waals surface area contributed by atoms with Crippen LogP contribution in [0.2, 0.25) is 5.02 Å². The molecular formula is C9H7BrClN. The molecule has 0 aliphatic rings. The molecule has 0 saturated carbocycles. The van der Waals surface area contributed by atoms with Gasteiger partial charge in [-0.05, 0) is 30.2 Å². The molecule has 0 aromatic heterocycles. The van der Waals surface area contributed by atoms with Crippen LogP contribution < -0.4 is 0 Å². The quantitative estimate of drug-likeness (QED) is 0.695. The fraction of sp³-hybridized carbons (Fsp3) is 0.222. The first-order chi connectivity index (χ1) is 5.70. The van der Waals surface area contributed by atoms with Gasteiger partial charge in [-0.1, -0.05) is 27.5 Å². The Morgan fingerprint density at radius 2 is 2.25 bits per heavy atom. The molecule has 1 nitrogen and oxygen atoms in total. The second-order valence-electron chi connectivity index (χ2n) is 2.44. The Morgan fingerprint density at radius 3 is 2.75 bits per heavy atom. The van der Waals surface area contributed by atoms with E-state index < -0.39 is 0 Å². The zero-order chi connectivity index (χ0) is 9.14. The highest BCUT2D eigenvalue weighted by Crippen LogP contribution is 2.24. The third-order valence-corrected chi connectivity index (χ3v) is 2.71. The van der Waals surface area contributed by atoms with Crippen LogP contribution >= 0.6 is 27.5 Å². The van der Waals surface area contributed by atoms with Gasteiger partial charge in [0.25, 0.3) is 0 Å². The minimum atomic E-state index is 0.688. The number of halogens is 2. The van der Waals surface area contributed by atoms with Gasteiger partial charge in [-0.2, -0.15) is 5.26 Å². The summed E-state index contributed by atoms with van der Waals surface area (Å²) in [7, 11) is 0. The summed E-state index contributed by atoms with van der Waals surface area (Å²) in [5.41, 5.74) is 2.64. The van der Waals surface area contributed by atoms with Gasteiger partial charge in [0.1, 0.15) is 0 Å². The van der Waals surface area contributed by atoms with Crippen molar-refractivity contribution in [1.82, 2.24) is 0 Å². The number of hydrogen-bond acceptors (Lipinski definition) is 1. The summed E-state index contributed by atoms with van der Waals surface area (Å²) in [5.74, 6) is 0. The van der Waals surface area contributed by atoms with Crippen LogP contribution in [0.25, 0.3) is 0 Å². The lowest BCUT2D eigenvalue weighted by molar-refractivity contribution is 1.29. The molecule has 0 fully saturated rings. The van der Waals surface area contributed by atoms with Crippen molar-refractivity contribution in [2.75, 3.05) is 0 Å². The van der Waals surface area contributed by atoms with Gasteiger partial charge >= 0.3 is 0 Å². The topological polar surface area (TPSA) is 23.8 Å². The monoisotopic (exact) mass is 243 g/mol. The fourth-order valence-electron chi connectivity index (χ4n) is 1.01. The van der Waals surface area contributed by atoms with Crippen molar-refractivity contribution in [3.63, 3.8) is 0 Å². The summed E-state index contributed by atoms with van der Waals surface area (Å²) >= 11 is 9.25. The minimum absolute atomic E-state index is 0.688. The van der Waals surface area contributed by atoms with E-state index in [1.165, 1.54) is 0 Å². The Kier molecular flexibility index (Phi) is 3.13. The number of benzene rings is 1. The van der Waals surface area contributed by atoms with Crippen LogP contribution in [0.4, 0.5) is 0 Å². The highest BCUT2D eigenvalue weighted by molar-refractivity contribution is 9.08. The summed E-state index contributed by atoms with van der Waals surface area (Å²) in [4.78, 5) is 0. The number of hydrogen-bond donors (Lipinski definition) is 0. The summed E-state index contributed by atoms with van der Waals surface area (Å²) in [6, 6.07) is 5.61. The molecule has 0 bridgehead atoms. The van der Waals surface area contributed by atoms with Crippen molar-refractivity contribution in [2.45, 2.75) is 12.3 Å². The minimum Gasteiger partial charge on any atom is -0.192 e. The first-order valence-electron chi connectivity index (χ1n) is 3.44. The van der Waals surface area contributed by atoms with Crippen LogP contribution in [-0.4, -0.2) is 0 Å². The lowest BCUT2D eigenvalue weighted by atomic mass is 10.0. The molecule has 0 aliphatic carbocycles. The molecule has 1 rings (SSSR count). The molecule has 1 aromatic rings. The maximum atomic E-state index is 8.72. The molecule has 62 valence electrons. The average molecular weight is 245 g/mol. The molecule has 0 unspecified atom stereocenters. The number of nitrogens with zero attached hydrogens (tertiary/aromatic N) is 1. The van der Waals surface area contributed by atoms with Gasteiger partial charge in [0.15, 0.2) is 0 Å². The Bertz CT molecular complexity index is 341. The predicted octanol–water partition coefficient (Wildman–Crippen LogP) is 3.42. The second kappa shape index (κ2) is 3.93. The summed E-state index contributed by atoms with van der Waals surface area (Å²) in [5, 5.41) is 10.1. The molecule has 0 radical (unpaired) electrons. The predicted molar refractivity (Wildman–Crippen MR) is 53.5 cm³/mol. The van der Waals surface area contributed by atoms with E-state index in [1.807, 2.05) is 6.92 Å². The van der Waals surface area contributed by atoms with Crippen LogP contribution in [0.3, 0.4) is 0 Å². The average Bonchev–Trinajstić information content (AvgIpc) is 2.06. The van der Waals surface area contributed by atoms with E-state index in [-0.39, 0.29) is 0 Å². The SMILES string of the molecule is Cc1c(C#N)ccc(Cl)c1CBr. The van der Waals surface area contributed by atoms with Crippen LogP contribution in [0.5, 0.6) is 0 Å². The molecular weight excluding hydrogens is 237 g/mol. The zero-order valence-electron chi connectivity index (χ0n) is 6.56. The third-order valence-electron chi connectivity index (χ3n) is 1.80.